The van der Waals surface area contributed by atoms with Gasteiger partial charge in [-0.2, -0.15) is 4.20 Å². The van der Waals surface area contributed by atoms with Gasteiger partial charge >= 0.3 is 7.68 Å². The fourth-order valence-electron chi connectivity index (χ4n) is 0.519. The molecule has 1 N–H and O–H groups in total. The number of aliphatic hydroxyl groups is 1. The van der Waals surface area contributed by atoms with Gasteiger partial charge in [0.25, 0.3) is 0 Å². The van der Waals surface area contributed by atoms with Gasteiger partial charge in [0.15, 0.2) is 0 Å². The van der Waals surface area contributed by atoms with E-state index in [1.165, 1.54) is 27.7 Å². The monoisotopic (exact) mass is 198 g/mol. The van der Waals surface area contributed by atoms with Crippen LogP contribution in [0.2, 0.25) is 0 Å². The molecule has 0 aromatic carbocycles. The lowest BCUT2D eigenvalue weighted by atomic mass is 9.90. The summed E-state index contributed by atoms with van der Waals surface area (Å²) in [4.78, 5) is 0. The quantitative estimate of drug-likeness (QED) is 0.708. The summed E-state index contributed by atoms with van der Waals surface area (Å²) in [5, 5.41) is 9.50. The molecule has 0 heterocycles. The number of hydrogen-bond acceptors (Lipinski definition) is 3. The number of rotatable bonds is 3. The summed E-state index contributed by atoms with van der Waals surface area (Å²) in [6.07, 6.45) is 0. The molecule has 0 bridgehead atoms. The molecule has 0 amide bonds. The Labute approximate surface area is 72.5 Å². The van der Waals surface area contributed by atoms with E-state index in [2.05, 4.69) is 4.52 Å². The van der Waals surface area contributed by atoms with Gasteiger partial charge in [-0.25, -0.2) is 0 Å². The minimum absolute atomic E-state index is 0.875. The van der Waals surface area contributed by atoms with Crippen molar-refractivity contribution >= 4 is 7.68 Å². The van der Waals surface area contributed by atoms with Crippen molar-refractivity contribution in [3.8, 4) is 0 Å². The standard InChI is InChI=1S/C7H16FO3P/c1-6(2,9)7(3,4)11-12(5,8)10/h9H,1-5H3. The molecular formula is C7H16FO3P. The van der Waals surface area contributed by atoms with Gasteiger partial charge in [0, 0.05) is 6.66 Å². The maximum atomic E-state index is 12.6. The van der Waals surface area contributed by atoms with Crippen LogP contribution in [0.1, 0.15) is 27.7 Å². The fourth-order valence-corrected chi connectivity index (χ4v) is 1.56. The lowest BCUT2D eigenvalue weighted by molar-refractivity contribution is -0.0920. The Morgan fingerprint density at radius 1 is 1.33 bits per heavy atom. The molecule has 12 heavy (non-hydrogen) atoms. The highest BCUT2D eigenvalue weighted by Gasteiger charge is 2.40. The highest BCUT2D eigenvalue weighted by molar-refractivity contribution is 7.52. The van der Waals surface area contributed by atoms with Crippen LogP contribution in [0.25, 0.3) is 0 Å². The summed E-state index contributed by atoms with van der Waals surface area (Å²) in [6, 6.07) is 0. The normalized spacial score (nSPS) is 18.9. The topological polar surface area (TPSA) is 46.5 Å². The van der Waals surface area contributed by atoms with Crippen molar-refractivity contribution in [1.29, 1.82) is 0 Å². The molecule has 0 aliphatic heterocycles. The third-order valence-electron chi connectivity index (χ3n) is 1.86. The molecule has 0 fully saturated rings. The molecule has 0 spiro atoms. The molecule has 0 aromatic rings. The van der Waals surface area contributed by atoms with Gasteiger partial charge < -0.3 is 5.11 Å². The molecular weight excluding hydrogens is 182 g/mol. The van der Waals surface area contributed by atoms with Crippen molar-refractivity contribution in [3.63, 3.8) is 0 Å². The van der Waals surface area contributed by atoms with Gasteiger partial charge in [0.2, 0.25) is 0 Å². The molecule has 0 aliphatic carbocycles. The lowest BCUT2D eigenvalue weighted by Crippen LogP contribution is -2.46. The largest absolute Gasteiger partial charge is 0.387 e. The van der Waals surface area contributed by atoms with Crippen molar-refractivity contribution in [2.24, 2.45) is 0 Å². The van der Waals surface area contributed by atoms with E-state index in [0.29, 0.717) is 0 Å². The average molecular weight is 198 g/mol. The van der Waals surface area contributed by atoms with Crippen LogP contribution in [0.4, 0.5) is 4.20 Å². The van der Waals surface area contributed by atoms with Crippen molar-refractivity contribution in [2.45, 2.75) is 38.9 Å². The zero-order valence-electron chi connectivity index (χ0n) is 8.09. The highest BCUT2D eigenvalue weighted by Crippen LogP contribution is 2.50. The van der Waals surface area contributed by atoms with Crippen LogP contribution in [0, 0.1) is 0 Å². The van der Waals surface area contributed by atoms with Crippen LogP contribution >= 0.6 is 7.68 Å². The summed E-state index contributed by atoms with van der Waals surface area (Å²) in [5.41, 5.74) is -2.39. The zero-order valence-corrected chi connectivity index (χ0v) is 8.98. The van der Waals surface area contributed by atoms with Crippen LogP contribution in [-0.4, -0.2) is 23.0 Å². The van der Waals surface area contributed by atoms with Crippen LogP contribution in [0.15, 0.2) is 0 Å². The Morgan fingerprint density at radius 2 is 1.67 bits per heavy atom. The summed E-state index contributed by atoms with van der Waals surface area (Å²) >= 11 is 0. The Hall–Kier alpha value is 0.0800. The molecule has 5 heteroatoms. The lowest BCUT2D eigenvalue weighted by Gasteiger charge is -2.36. The predicted octanol–water partition coefficient (Wildman–Crippen LogP) is 2.34. The molecule has 0 saturated carbocycles. The summed E-state index contributed by atoms with van der Waals surface area (Å²) in [7, 11) is -4.04. The molecule has 1 atom stereocenters. The first-order valence-corrected chi connectivity index (χ1v) is 5.62. The van der Waals surface area contributed by atoms with Gasteiger partial charge in [0.05, 0.1) is 5.60 Å². The molecule has 74 valence electrons. The summed E-state index contributed by atoms with van der Waals surface area (Å²) in [5.74, 6) is 0. The molecule has 0 aromatic heterocycles. The fraction of sp³-hybridized carbons (Fsp3) is 1.00. The van der Waals surface area contributed by atoms with E-state index in [9.17, 15) is 13.9 Å². The van der Waals surface area contributed by atoms with Crippen molar-refractivity contribution in [3.05, 3.63) is 0 Å². The Balaban J connectivity index is 4.56. The Bertz CT molecular complexity index is 201. The summed E-state index contributed by atoms with van der Waals surface area (Å²) in [6.45, 7) is 6.80. The minimum atomic E-state index is -4.04. The number of halogens is 1. The van der Waals surface area contributed by atoms with Crippen molar-refractivity contribution < 1.29 is 18.4 Å². The van der Waals surface area contributed by atoms with Crippen molar-refractivity contribution in [1.82, 2.24) is 0 Å². The second-order valence-corrected chi connectivity index (χ2v) is 5.58. The third-order valence-corrected chi connectivity index (χ3v) is 2.65. The van der Waals surface area contributed by atoms with Crippen LogP contribution in [0.5, 0.6) is 0 Å². The predicted molar refractivity (Wildman–Crippen MR) is 46.1 cm³/mol. The SMILES string of the molecule is CC(C)(O)C(C)(C)OP(C)(=O)F. The van der Waals surface area contributed by atoms with E-state index in [1.807, 2.05) is 0 Å². The second-order valence-electron chi connectivity index (χ2n) is 3.91. The van der Waals surface area contributed by atoms with E-state index in [4.69, 9.17) is 0 Å². The smallest absolute Gasteiger partial charge is 0.365 e. The third kappa shape index (κ3) is 3.65. The van der Waals surface area contributed by atoms with Gasteiger partial charge in [-0.1, -0.05) is 0 Å². The first-order chi connectivity index (χ1) is 4.96. The van der Waals surface area contributed by atoms with Gasteiger partial charge in [0.1, 0.15) is 5.60 Å². The molecule has 0 rings (SSSR count). The van der Waals surface area contributed by atoms with Gasteiger partial charge in [-0.05, 0) is 27.7 Å². The van der Waals surface area contributed by atoms with Crippen LogP contribution < -0.4 is 0 Å². The van der Waals surface area contributed by atoms with E-state index in [1.54, 1.807) is 0 Å². The first-order valence-electron chi connectivity index (χ1n) is 3.66. The molecule has 0 saturated heterocycles. The van der Waals surface area contributed by atoms with Gasteiger partial charge in [-0.15, -0.1) is 0 Å². The van der Waals surface area contributed by atoms with Crippen molar-refractivity contribution in [2.75, 3.05) is 6.66 Å². The second kappa shape index (κ2) is 3.09. The number of hydrogen-bond donors (Lipinski definition) is 1. The zero-order chi connectivity index (χ0) is 10.2. The molecule has 0 aliphatic rings. The van der Waals surface area contributed by atoms with E-state index >= 15 is 0 Å². The van der Waals surface area contributed by atoms with Crippen LogP contribution in [-0.2, 0) is 9.09 Å². The average Bonchev–Trinajstić information content (AvgIpc) is 1.52. The maximum Gasteiger partial charge on any atom is 0.365 e. The van der Waals surface area contributed by atoms with Gasteiger partial charge in [-0.3, -0.25) is 9.09 Å². The first kappa shape index (κ1) is 12.1. The minimum Gasteiger partial charge on any atom is -0.387 e. The Morgan fingerprint density at radius 3 is 1.75 bits per heavy atom. The molecule has 1 unspecified atom stereocenters. The maximum absolute atomic E-state index is 12.6. The van der Waals surface area contributed by atoms with Crippen LogP contribution in [0.3, 0.4) is 0 Å². The highest BCUT2D eigenvalue weighted by atomic mass is 31.2. The summed E-state index contributed by atoms with van der Waals surface area (Å²) < 4.78 is 27.9. The van der Waals surface area contributed by atoms with E-state index in [-0.39, 0.29) is 0 Å². The molecule has 0 radical (unpaired) electrons. The van der Waals surface area contributed by atoms with E-state index < -0.39 is 18.9 Å². The van der Waals surface area contributed by atoms with E-state index in [0.717, 1.165) is 6.66 Å². The molecule has 3 nitrogen and oxygen atoms in total. The Kier molecular flexibility index (Phi) is 3.11.